The van der Waals surface area contributed by atoms with Gasteiger partial charge < -0.3 is 9.47 Å². The fourth-order valence-electron chi connectivity index (χ4n) is 15.9. The quantitative estimate of drug-likeness (QED) is 0.0566. The zero-order valence-corrected chi connectivity index (χ0v) is 119. The largest absolute Gasteiger partial charge is 0.381 e. The van der Waals surface area contributed by atoms with Gasteiger partial charge in [-0.3, -0.25) is 0 Å². The van der Waals surface area contributed by atoms with Crippen molar-refractivity contribution in [3.63, 3.8) is 0 Å². The van der Waals surface area contributed by atoms with Gasteiger partial charge in [-0.1, -0.05) is 612 Å². The molecule has 0 fully saturated rings. The van der Waals surface area contributed by atoms with E-state index in [1.165, 1.54) is 300 Å². The van der Waals surface area contributed by atoms with Gasteiger partial charge in [-0.2, -0.15) is 11.8 Å². The lowest BCUT2D eigenvalue weighted by atomic mass is 9.81. The van der Waals surface area contributed by atoms with Crippen molar-refractivity contribution >= 4 is 11.8 Å². The first-order valence-corrected chi connectivity index (χ1v) is 64.5. The summed E-state index contributed by atoms with van der Waals surface area (Å²) >= 11 is 2.12. The van der Waals surface area contributed by atoms with Crippen LogP contribution in [0.4, 0.5) is 0 Å². The van der Waals surface area contributed by atoms with Crippen LogP contribution in [0.5, 0.6) is 0 Å². The highest BCUT2D eigenvalue weighted by Crippen LogP contribution is 2.38. The predicted octanol–water partition coefficient (Wildman–Crippen LogP) is 53.8. The second-order valence-corrected chi connectivity index (χ2v) is 75.4. The Morgan fingerprint density at radius 3 is 0.558 bits per heavy atom. The Morgan fingerprint density at radius 1 is 0.129 bits per heavy atom. The number of unbranched alkanes of at least 4 members (excludes halogenated alkanes) is 12. The van der Waals surface area contributed by atoms with Crippen molar-refractivity contribution in [3.05, 3.63) is 0 Å². The van der Waals surface area contributed by atoms with Crippen molar-refractivity contribution in [3.8, 4) is 0 Å². The molecule has 0 heterocycles. The van der Waals surface area contributed by atoms with Crippen LogP contribution in [0.2, 0.25) is 0 Å². The van der Waals surface area contributed by atoms with E-state index in [1.807, 2.05) is 0 Å². The molecule has 0 rings (SSSR count). The molecule has 0 saturated heterocycles. The first kappa shape index (κ1) is 170. The minimum atomic E-state index is 0.307. The third kappa shape index (κ3) is 225. The maximum Gasteiger partial charge on any atom is 0.0514 e. The Balaban J connectivity index is -0.000000154. The lowest BCUT2D eigenvalue weighted by molar-refractivity contribution is 0.0648. The molecule has 0 bridgehead atoms. The second-order valence-electron chi connectivity index (χ2n) is 74.2. The Labute approximate surface area is 949 Å². The van der Waals surface area contributed by atoms with Gasteiger partial charge in [0.15, 0.2) is 0 Å². The molecule has 0 aromatic rings. The molecule has 0 N–H and O–H groups in total. The summed E-state index contributed by atoms with van der Waals surface area (Å²) in [6, 6.07) is 0. The summed E-state index contributed by atoms with van der Waals surface area (Å²) in [6.07, 6.45) is 63.0. The standard InChI is InChI=1S/C16H34.2C15H32.C14H30.C13H28O.C13H28S.C13H28.C12H26O.C12H26.C11H24.C10H22/c1-15(2,3)13-11-9-7-8-10-12-14-16(4,5)6;1-13(10-12-15(5,6)7)9-8-11-14(2,3)4;1-13(12-15(5,6)7)10-8-9-11-14(2,3)4;1-13(2,3)11-9-7-8-10-12-14(4,5)6;2*1-12(2,3)8-7-10-14-11-9-13(4,5)6;1-12(2,3)10-8-7-9-11-13(4,5)6;1-11(2,3)8-7-9-13-10-12(4,5)6;1-11(2,3)9-7-8-10-12(4,5)6;1-10(2,3)8-7-9-11(4,5)6;1-9(2,3)7-8-10(4,5)6/h7-14H2,1-6H3;2*13H,8-12H2,1-7H3;7-12H2,1-6H3;2*7-11H2,1-6H3;7-11H2,1-6H3;7-10H2,1-6H3;7-10H2,1-6H3;7-9H2,1-6H3;7-8H2,1-6H3. The highest BCUT2D eigenvalue weighted by molar-refractivity contribution is 7.99. The first-order valence-electron chi connectivity index (χ1n) is 63.3. The van der Waals surface area contributed by atoms with Crippen molar-refractivity contribution in [2.75, 3.05) is 37.9 Å². The zero-order valence-electron chi connectivity index (χ0n) is 118. The van der Waals surface area contributed by atoms with Crippen LogP contribution in [0.3, 0.4) is 0 Å². The minimum Gasteiger partial charge on any atom is -0.381 e. The van der Waals surface area contributed by atoms with Crippen LogP contribution in [0.1, 0.15) is 766 Å². The molecule has 2 unspecified atom stereocenters. The third-order valence-corrected chi connectivity index (χ3v) is 26.7. The molecular formula is C144H310O2S. The van der Waals surface area contributed by atoms with Crippen molar-refractivity contribution in [1.29, 1.82) is 0 Å². The maximum absolute atomic E-state index is 5.61. The summed E-state index contributed by atoms with van der Waals surface area (Å²) in [7, 11) is 0. The van der Waals surface area contributed by atoms with Crippen LogP contribution in [0.25, 0.3) is 0 Å². The van der Waals surface area contributed by atoms with Crippen LogP contribution < -0.4 is 0 Å². The number of hydrogen-bond acceptors (Lipinski definition) is 3. The number of hydrogen-bond donors (Lipinski definition) is 0. The molecule has 0 saturated carbocycles. The van der Waals surface area contributed by atoms with Gasteiger partial charge in [-0.25, -0.2) is 0 Å². The van der Waals surface area contributed by atoms with Gasteiger partial charge in [0.05, 0.1) is 6.61 Å². The minimum absolute atomic E-state index is 0.307. The van der Waals surface area contributed by atoms with Crippen molar-refractivity contribution in [1.82, 2.24) is 0 Å². The fourth-order valence-corrected chi connectivity index (χ4v) is 17.2. The lowest BCUT2D eigenvalue weighted by Gasteiger charge is -2.24. The van der Waals surface area contributed by atoms with Crippen LogP contribution in [0.15, 0.2) is 0 Å². The Bertz CT molecular complexity index is 2480. The van der Waals surface area contributed by atoms with Crippen LogP contribution in [-0.4, -0.2) is 37.9 Å². The summed E-state index contributed by atoms with van der Waals surface area (Å²) in [6.45, 7) is 161. The van der Waals surface area contributed by atoms with Crippen LogP contribution in [-0.2, 0) is 9.47 Å². The topological polar surface area (TPSA) is 18.5 Å². The third-order valence-electron chi connectivity index (χ3n) is 25.7. The number of ether oxygens (including phenoxy) is 2. The second kappa shape index (κ2) is 82.6. The summed E-state index contributed by atoms with van der Waals surface area (Å²) in [5, 5.41) is 0. The molecule has 147 heavy (non-hydrogen) atoms. The first-order chi connectivity index (χ1) is 64.6. The predicted molar refractivity (Wildman–Crippen MR) is 698 cm³/mol. The fraction of sp³-hybridized carbons (Fsp3) is 1.00. The van der Waals surface area contributed by atoms with Crippen molar-refractivity contribution in [2.24, 2.45) is 131 Å². The highest BCUT2D eigenvalue weighted by atomic mass is 32.2. The monoisotopic (exact) mass is 2100 g/mol. The summed E-state index contributed by atoms with van der Waals surface area (Å²) in [5.41, 5.74) is 11.0. The number of rotatable bonds is 46. The van der Waals surface area contributed by atoms with Crippen molar-refractivity contribution in [2.45, 2.75) is 766 Å². The smallest absolute Gasteiger partial charge is 0.0514 e. The van der Waals surface area contributed by atoms with E-state index in [1.54, 1.807) is 0 Å². The van der Waals surface area contributed by atoms with Gasteiger partial charge in [0.1, 0.15) is 0 Å². The average Bonchev–Trinajstić information content (AvgIpc) is 0.938. The van der Waals surface area contributed by atoms with E-state index >= 15 is 0 Å². The molecule has 0 spiro atoms. The summed E-state index contributed by atoms with van der Waals surface area (Å²) in [5.74, 6) is 4.47. The lowest BCUT2D eigenvalue weighted by Crippen LogP contribution is -2.15. The van der Waals surface area contributed by atoms with E-state index in [4.69, 9.17) is 9.47 Å². The molecule has 904 valence electrons. The molecule has 0 amide bonds. The molecule has 0 aromatic carbocycles. The van der Waals surface area contributed by atoms with Gasteiger partial charge in [-0.05, 0) is 297 Å². The number of thioether (sulfide) groups is 1. The van der Waals surface area contributed by atoms with Gasteiger partial charge in [0.2, 0.25) is 0 Å². The molecule has 3 heteroatoms. The average molecular weight is 2110 g/mol. The zero-order chi connectivity index (χ0) is 119. The van der Waals surface area contributed by atoms with Crippen LogP contribution >= 0.6 is 11.8 Å². The van der Waals surface area contributed by atoms with E-state index in [0.717, 1.165) is 44.7 Å². The van der Waals surface area contributed by atoms with Crippen LogP contribution in [0, 0.1) is 131 Å². The van der Waals surface area contributed by atoms with Gasteiger partial charge in [0, 0.05) is 19.8 Å². The molecule has 0 aliphatic heterocycles. The van der Waals surface area contributed by atoms with Gasteiger partial charge in [-0.15, -0.1) is 0 Å². The molecular weight excluding hydrogens is 1790 g/mol. The normalized spacial score (nSPS) is 13.8. The van der Waals surface area contributed by atoms with Crippen molar-refractivity contribution < 1.29 is 9.47 Å². The molecule has 2 nitrogen and oxygen atoms in total. The summed E-state index contributed by atoms with van der Waals surface area (Å²) in [4.78, 5) is 0. The molecule has 0 aliphatic carbocycles. The van der Waals surface area contributed by atoms with Gasteiger partial charge in [0.25, 0.3) is 0 Å². The van der Waals surface area contributed by atoms with E-state index in [2.05, 4.69) is 483 Å². The SMILES string of the molecule is CC(C)(C)CCC(C)(C)C.CC(C)(C)CCCC(C)(C)C.CC(C)(C)CCCCC(C)(C)C.CC(C)(C)CCCCCC(C)(C)C.CC(C)(C)CCCCCCC(C)(C)C.CC(C)(C)CCCCCCCCC(C)(C)C.CC(C)(C)CCCOCC(C)(C)C.CC(C)(C)CCCOCCC(C)(C)C.CC(C)(C)CCCSCCC(C)(C)C.CC(CCCC(C)(C)C)CCC(C)(C)C.CC(CCCCC(C)(C)C)CC(C)(C)C. The van der Waals surface area contributed by atoms with E-state index in [0.29, 0.717) is 119 Å². The molecule has 0 aliphatic rings. The molecule has 0 radical (unpaired) electrons. The van der Waals surface area contributed by atoms with E-state index in [-0.39, 0.29) is 0 Å². The van der Waals surface area contributed by atoms with Gasteiger partial charge >= 0.3 is 0 Å². The summed E-state index contributed by atoms with van der Waals surface area (Å²) < 4.78 is 11.2. The molecule has 0 aromatic heterocycles. The van der Waals surface area contributed by atoms with E-state index in [9.17, 15) is 0 Å². The Hall–Kier alpha value is 0.270. The molecule has 2 atom stereocenters. The highest BCUT2D eigenvalue weighted by Gasteiger charge is 2.24. The Morgan fingerprint density at radius 2 is 0.320 bits per heavy atom. The maximum atomic E-state index is 5.61. The van der Waals surface area contributed by atoms with E-state index < -0.39 is 0 Å². The Kier molecular flexibility index (Phi) is 95.4.